The Balaban J connectivity index is 5.59. The Kier molecular flexibility index (Phi) is 17.4. The van der Waals surface area contributed by atoms with E-state index in [1.165, 1.54) is 6.92 Å². The van der Waals surface area contributed by atoms with Crippen molar-refractivity contribution in [3.63, 3.8) is 0 Å². The van der Waals surface area contributed by atoms with Crippen LogP contribution in [-0.2, 0) is 38.4 Å². The van der Waals surface area contributed by atoms with Gasteiger partial charge in [0, 0.05) is 6.42 Å². The molecule has 17 nitrogen and oxygen atoms in total. The highest BCUT2D eigenvalue weighted by atomic mass is 16.4. The number of hydrogen-bond acceptors (Lipinski definition) is 9. The SMILES string of the molecule is CC(C)C[C@H](NC(=O)[C@@H](N)CCC(=O)O)C(=O)N[C@@H](C)C(=O)N[C@H](C(=O)N[C@H](C(=O)N[C@@H](CC(=O)O)C(=O)O)C(C)C)C(C)C. The highest BCUT2D eigenvalue weighted by Gasteiger charge is 2.34. The van der Waals surface area contributed by atoms with Gasteiger partial charge >= 0.3 is 17.9 Å². The molecule has 0 aromatic carbocycles. The lowest BCUT2D eigenvalue weighted by Crippen LogP contribution is -2.60. The lowest BCUT2D eigenvalue weighted by Gasteiger charge is -2.29. The molecule has 0 heterocycles. The summed E-state index contributed by atoms with van der Waals surface area (Å²) in [6, 6.07) is -7.64. The van der Waals surface area contributed by atoms with Crippen LogP contribution in [0.5, 0.6) is 0 Å². The summed E-state index contributed by atoms with van der Waals surface area (Å²) in [4.78, 5) is 97.7. The average Bonchev–Trinajstić information content (AvgIpc) is 2.90. The normalized spacial score (nSPS) is 15.2. The van der Waals surface area contributed by atoms with Crippen LogP contribution in [0.15, 0.2) is 0 Å². The lowest BCUT2D eigenvalue weighted by atomic mass is 9.99. The van der Waals surface area contributed by atoms with Crippen LogP contribution in [-0.4, -0.2) is 99.0 Å². The maximum Gasteiger partial charge on any atom is 0.326 e. The van der Waals surface area contributed by atoms with Crippen LogP contribution in [0.4, 0.5) is 0 Å². The van der Waals surface area contributed by atoms with Gasteiger partial charge in [-0.2, -0.15) is 0 Å². The minimum Gasteiger partial charge on any atom is -0.481 e. The molecule has 0 unspecified atom stereocenters. The number of hydrogen-bond donors (Lipinski definition) is 9. The molecule has 0 aliphatic heterocycles. The second kappa shape index (κ2) is 19.2. The number of carboxylic acids is 3. The van der Waals surface area contributed by atoms with Gasteiger partial charge in [0.15, 0.2) is 0 Å². The van der Waals surface area contributed by atoms with Gasteiger partial charge in [-0.1, -0.05) is 41.5 Å². The van der Waals surface area contributed by atoms with Crippen LogP contribution < -0.4 is 32.3 Å². The van der Waals surface area contributed by atoms with Crippen molar-refractivity contribution in [1.82, 2.24) is 26.6 Å². The molecule has 0 fully saturated rings. The van der Waals surface area contributed by atoms with Crippen LogP contribution in [0.25, 0.3) is 0 Å². The Morgan fingerprint density at radius 3 is 1.47 bits per heavy atom. The topological polar surface area (TPSA) is 283 Å². The summed E-state index contributed by atoms with van der Waals surface area (Å²) < 4.78 is 0. The molecule has 10 N–H and O–H groups in total. The smallest absolute Gasteiger partial charge is 0.326 e. The Bertz CT molecular complexity index is 1090. The van der Waals surface area contributed by atoms with E-state index in [2.05, 4.69) is 26.6 Å². The summed E-state index contributed by atoms with van der Waals surface area (Å²) in [6.07, 6.45) is -1.18. The van der Waals surface area contributed by atoms with Gasteiger partial charge < -0.3 is 47.6 Å². The molecular formula is C28H48N6O11. The molecule has 0 radical (unpaired) electrons. The first-order valence-corrected chi connectivity index (χ1v) is 14.6. The van der Waals surface area contributed by atoms with Crippen LogP contribution in [0.2, 0.25) is 0 Å². The van der Waals surface area contributed by atoms with Gasteiger partial charge in [0.05, 0.1) is 12.5 Å². The third-order valence-corrected chi connectivity index (χ3v) is 6.59. The van der Waals surface area contributed by atoms with Crippen molar-refractivity contribution < 1.29 is 53.7 Å². The van der Waals surface area contributed by atoms with Crippen molar-refractivity contribution in [3.8, 4) is 0 Å². The van der Waals surface area contributed by atoms with Gasteiger partial charge in [0.1, 0.15) is 30.2 Å². The second-order valence-corrected chi connectivity index (χ2v) is 11.9. The fraction of sp³-hybridized carbons (Fsp3) is 0.714. The Labute approximate surface area is 261 Å². The molecule has 5 amide bonds. The molecule has 45 heavy (non-hydrogen) atoms. The van der Waals surface area contributed by atoms with Crippen molar-refractivity contribution in [2.45, 2.75) is 110 Å². The zero-order valence-electron chi connectivity index (χ0n) is 26.7. The predicted molar refractivity (Wildman–Crippen MR) is 159 cm³/mol. The molecule has 0 aliphatic rings. The van der Waals surface area contributed by atoms with Gasteiger partial charge in [-0.05, 0) is 37.5 Å². The summed E-state index contributed by atoms with van der Waals surface area (Å²) in [5, 5.41) is 39.1. The first-order chi connectivity index (χ1) is 20.7. The van der Waals surface area contributed by atoms with Crippen molar-refractivity contribution >= 4 is 47.4 Å². The number of aliphatic carboxylic acids is 3. The Hall–Kier alpha value is -4.28. The molecule has 0 aliphatic carbocycles. The number of nitrogens with two attached hydrogens (primary N) is 1. The fourth-order valence-corrected chi connectivity index (χ4v) is 4.00. The molecule has 17 heteroatoms. The number of carbonyl (C=O) groups excluding carboxylic acids is 5. The van der Waals surface area contributed by atoms with Crippen LogP contribution in [0.1, 0.15) is 74.1 Å². The Morgan fingerprint density at radius 1 is 0.578 bits per heavy atom. The quantitative estimate of drug-likeness (QED) is 0.0735. The first kappa shape index (κ1) is 40.7. The molecule has 0 spiro atoms. The fourth-order valence-electron chi connectivity index (χ4n) is 4.00. The highest BCUT2D eigenvalue weighted by molar-refractivity contribution is 5.96. The summed E-state index contributed by atoms with van der Waals surface area (Å²) in [5.41, 5.74) is 5.75. The number of carbonyl (C=O) groups is 8. The van der Waals surface area contributed by atoms with E-state index in [0.717, 1.165) is 0 Å². The zero-order chi connectivity index (χ0) is 35.2. The van der Waals surface area contributed by atoms with E-state index < -0.39 is 102 Å². The van der Waals surface area contributed by atoms with Crippen molar-refractivity contribution in [2.75, 3.05) is 0 Å². The second-order valence-electron chi connectivity index (χ2n) is 11.9. The van der Waals surface area contributed by atoms with Crippen LogP contribution in [0.3, 0.4) is 0 Å². The summed E-state index contributed by atoms with van der Waals surface area (Å²) in [5.74, 6) is -9.18. The monoisotopic (exact) mass is 644 g/mol. The Morgan fingerprint density at radius 2 is 1.04 bits per heavy atom. The van der Waals surface area contributed by atoms with Gasteiger partial charge in [-0.15, -0.1) is 0 Å². The average molecular weight is 645 g/mol. The number of nitrogens with one attached hydrogen (secondary N) is 5. The van der Waals surface area contributed by atoms with E-state index in [-0.39, 0.29) is 25.2 Å². The molecule has 6 atom stereocenters. The summed E-state index contributed by atoms with van der Waals surface area (Å²) in [7, 11) is 0. The van der Waals surface area contributed by atoms with Crippen molar-refractivity contribution in [2.24, 2.45) is 23.5 Å². The number of carboxylic acid groups (broad SMARTS) is 3. The van der Waals surface area contributed by atoms with Crippen molar-refractivity contribution in [1.29, 1.82) is 0 Å². The molecule has 256 valence electrons. The largest absolute Gasteiger partial charge is 0.481 e. The van der Waals surface area contributed by atoms with Gasteiger partial charge in [-0.25, -0.2) is 4.79 Å². The molecule has 0 aromatic rings. The molecule has 0 aromatic heterocycles. The van der Waals surface area contributed by atoms with E-state index in [0.29, 0.717) is 0 Å². The molecule has 0 rings (SSSR count). The van der Waals surface area contributed by atoms with Gasteiger partial charge in [0.25, 0.3) is 0 Å². The minimum atomic E-state index is -1.73. The minimum absolute atomic E-state index is 0.0598. The van der Waals surface area contributed by atoms with E-state index in [1.54, 1.807) is 41.5 Å². The third-order valence-electron chi connectivity index (χ3n) is 6.59. The molecule has 0 saturated heterocycles. The van der Waals surface area contributed by atoms with Gasteiger partial charge in [-0.3, -0.25) is 33.6 Å². The van der Waals surface area contributed by atoms with Crippen molar-refractivity contribution in [3.05, 3.63) is 0 Å². The van der Waals surface area contributed by atoms with E-state index in [4.69, 9.17) is 15.9 Å². The highest BCUT2D eigenvalue weighted by Crippen LogP contribution is 2.10. The molecule has 0 saturated carbocycles. The molecule has 0 bridgehead atoms. The first-order valence-electron chi connectivity index (χ1n) is 14.6. The standard InChI is InChI=1S/C28H48N6O11/c1-12(2)10-17(31-24(40)16(29)8-9-19(35)36)25(41)30-15(7)23(39)33-22(14(5)6)27(43)34-21(13(3)4)26(42)32-18(28(44)45)11-20(37)38/h12-18,21-22H,8-11,29H2,1-7H3,(H,30,41)(H,31,40)(H,32,42)(H,33,39)(H,34,43)(H,35,36)(H,37,38)(H,44,45)/t15-,16-,17-,18-,21-,22-/m0/s1. The van der Waals surface area contributed by atoms with Crippen LogP contribution in [0, 0.1) is 17.8 Å². The predicted octanol–water partition coefficient (Wildman–Crippen LogP) is -1.46. The maximum atomic E-state index is 13.2. The lowest BCUT2D eigenvalue weighted by molar-refractivity contribution is -0.147. The number of amides is 5. The third kappa shape index (κ3) is 15.3. The van der Waals surface area contributed by atoms with E-state index >= 15 is 0 Å². The summed E-state index contributed by atoms with van der Waals surface area (Å²) >= 11 is 0. The van der Waals surface area contributed by atoms with E-state index in [1.807, 2.05) is 0 Å². The van der Waals surface area contributed by atoms with Gasteiger partial charge in [0.2, 0.25) is 29.5 Å². The van der Waals surface area contributed by atoms with Crippen LogP contribution >= 0.6 is 0 Å². The van der Waals surface area contributed by atoms with E-state index in [9.17, 15) is 43.5 Å². The molecular weight excluding hydrogens is 596 g/mol. The maximum absolute atomic E-state index is 13.2. The number of rotatable bonds is 20. The zero-order valence-corrected chi connectivity index (χ0v) is 26.7. The summed E-state index contributed by atoms with van der Waals surface area (Å²) in [6.45, 7) is 11.3.